The highest BCUT2D eigenvalue weighted by Crippen LogP contribution is 2.43. The zero-order chi connectivity index (χ0) is 37.5. The van der Waals surface area contributed by atoms with E-state index in [0.29, 0.717) is 0 Å². The third-order valence-electron chi connectivity index (χ3n) is 11.8. The zero-order valence-electron chi connectivity index (χ0n) is 31.5. The molecule has 4 heteroatoms. The van der Waals surface area contributed by atoms with Crippen LogP contribution in [0.1, 0.15) is 0 Å². The summed E-state index contributed by atoms with van der Waals surface area (Å²) in [4.78, 5) is 0. The first kappa shape index (κ1) is 33.6. The highest BCUT2D eigenvalue weighted by atomic mass is 19.0. The highest BCUT2D eigenvalue weighted by Gasteiger charge is 2.22. The lowest BCUT2D eigenvalue weighted by molar-refractivity contribution is 1.11. The number of benzene rings is 9. The van der Waals surface area contributed by atoms with E-state index in [2.05, 4.69) is 226 Å². The van der Waals surface area contributed by atoms with E-state index in [0.717, 1.165) is 17.1 Å². The van der Waals surface area contributed by atoms with Crippen LogP contribution in [0.25, 0.3) is 105 Å². The normalized spacial score (nSPS) is 11.7. The predicted molar refractivity (Wildman–Crippen MR) is 243 cm³/mol. The summed E-state index contributed by atoms with van der Waals surface area (Å²) in [5, 5.41) is 7.43. The Morgan fingerprint density at radius 1 is 0.224 bits per heavy atom. The molecule has 0 aliphatic heterocycles. The van der Waals surface area contributed by atoms with E-state index in [1.165, 1.54) is 87.7 Å². The maximum atomic E-state index is 2.50. The molecule has 0 amide bonds. The number of para-hydroxylation sites is 4. The molecule has 0 aliphatic rings. The van der Waals surface area contributed by atoms with Crippen LogP contribution in [0.4, 0.5) is 4.70 Å². The standard InChI is InChI=1S/C54H35N3.FH/c1-4-16-36(17-5-1)38-32-39(37-18-6-2-7-19-37)34-42(33-38)55-49-25-13-12-24-45(49)48-35-41(28-31-52(48)55)57-51-27-15-11-23-44(51)47-30-29-46-43-22-10-14-26-50(43)56(53(46)54(47)57)40-20-8-3-9-21-40;/h1-35H;1H. The van der Waals surface area contributed by atoms with Crippen molar-refractivity contribution in [3.63, 3.8) is 0 Å². The fraction of sp³-hybridized carbons (Fsp3) is 0. The molecular weight excluding hydrogens is 710 g/mol. The number of nitrogens with zero attached hydrogens (tertiary/aromatic N) is 3. The summed E-state index contributed by atoms with van der Waals surface area (Å²) in [6.45, 7) is 0. The Labute approximate surface area is 334 Å². The fourth-order valence-electron chi connectivity index (χ4n) is 9.33. The topological polar surface area (TPSA) is 14.8 Å². The molecule has 9 aromatic carbocycles. The van der Waals surface area contributed by atoms with Crippen LogP contribution in [0, 0.1) is 0 Å². The van der Waals surface area contributed by atoms with Crippen molar-refractivity contribution >= 4 is 65.4 Å². The summed E-state index contributed by atoms with van der Waals surface area (Å²) in [5.74, 6) is 0. The Bertz CT molecular complexity index is 3440. The molecule has 3 aromatic heterocycles. The summed E-state index contributed by atoms with van der Waals surface area (Å²) in [7, 11) is 0. The minimum absolute atomic E-state index is 0. The van der Waals surface area contributed by atoms with E-state index < -0.39 is 0 Å². The molecule has 0 spiro atoms. The van der Waals surface area contributed by atoms with Gasteiger partial charge in [-0.05, 0) is 89.0 Å². The van der Waals surface area contributed by atoms with Gasteiger partial charge < -0.3 is 13.7 Å². The molecule has 274 valence electrons. The van der Waals surface area contributed by atoms with Gasteiger partial charge in [-0.1, -0.05) is 146 Å². The smallest absolute Gasteiger partial charge is 0.0788 e. The average molecular weight is 746 g/mol. The average Bonchev–Trinajstić information content (AvgIpc) is 3.93. The fourth-order valence-corrected chi connectivity index (χ4v) is 9.33. The quantitative estimate of drug-likeness (QED) is 0.167. The molecular formula is C54H36FN3. The Hall–Kier alpha value is -7.69. The maximum absolute atomic E-state index is 2.50. The predicted octanol–water partition coefficient (Wildman–Crippen LogP) is 14.5. The second kappa shape index (κ2) is 13.2. The number of halogens is 1. The van der Waals surface area contributed by atoms with Crippen LogP contribution in [0.15, 0.2) is 212 Å². The van der Waals surface area contributed by atoms with E-state index in [9.17, 15) is 0 Å². The molecule has 0 radical (unpaired) electrons. The van der Waals surface area contributed by atoms with Crippen molar-refractivity contribution in [3.05, 3.63) is 212 Å². The highest BCUT2D eigenvalue weighted by molar-refractivity contribution is 6.24. The first-order valence-corrected chi connectivity index (χ1v) is 19.6. The first-order valence-electron chi connectivity index (χ1n) is 19.6. The van der Waals surface area contributed by atoms with Crippen LogP contribution in [-0.2, 0) is 0 Å². The van der Waals surface area contributed by atoms with E-state index in [4.69, 9.17) is 0 Å². The lowest BCUT2D eigenvalue weighted by Gasteiger charge is -2.15. The van der Waals surface area contributed by atoms with Crippen molar-refractivity contribution in [2.24, 2.45) is 0 Å². The van der Waals surface area contributed by atoms with Crippen molar-refractivity contribution in [2.75, 3.05) is 0 Å². The molecule has 0 unspecified atom stereocenters. The van der Waals surface area contributed by atoms with Gasteiger partial charge in [-0.3, -0.25) is 4.70 Å². The van der Waals surface area contributed by atoms with Gasteiger partial charge in [0.25, 0.3) is 0 Å². The van der Waals surface area contributed by atoms with Gasteiger partial charge >= 0.3 is 0 Å². The molecule has 0 fully saturated rings. The Morgan fingerprint density at radius 2 is 0.638 bits per heavy atom. The van der Waals surface area contributed by atoms with Gasteiger partial charge in [0.05, 0.1) is 33.1 Å². The lowest BCUT2D eigenvalue weighted by atomic mass is 9.98. The molecule has 0 aliphatic carbocycles. The summed E-state index contributed by atoms with van der Waals surface area (Å²) in [6, 6.07) is 77.5. The van der Waals surface area contributed by atoms with Crippen LogP contribution in [0.5, 0.6) is 0 Å². The minimum atomic E-state index is 0. The Morgan fingerprint density at radius 3 is 1.17 bits per heavy atom. The molecule has 3 nitrogen and oxygen atoms in total. The van der Waals surface area contributed by atoms with E-state index in [1.807, 2.05) is 0 Å². The molecule has 0 bridgehead atoms. The van der Waals surface area contributed by atoms with Gasteiger partial charge in [0.2, 0.25) is 0 Å². The monoisotopic (exact) mass is 745 g/mol. The summed E-state index contributed by atoms with van der Waals surface area (Å²) in [6.07, 6.45) is 0. The Kier molecular flexibility index (Phi) is 7.66. The molecule has 0 N–H and O–H groups in total. The second-order valence-electron chi connectivity index (χ2n) is 15.0. The van der Waals surface area contributed by atoms with Crippen molar-refractivity contribution in [1.82, 2.24) is 13.7 Å². The van der Waals surface area contributed by atoms with E-state index in [1.54, 1.807) is 0 Å². The molecule has 3 heterocycles. The third kappa shape index (κ3) is 4.98. The molecule has 0 saturated carbocycles. The molecule has 0 saturated heterocycles. The summed E-state index contributed by atoms with van der Waals surface area (Å²) in [5.41, 5.74) is 15.4. The minimum Gasteiger partial charge on any atom is -0.309 e. The van der Waals surface area contributed by atoms with Crippen molar-refractivity contribution in [3.8, 4) is 39.3 Å². The van der Waals surface area contributed by atoms with E-state index in [-0.39, 0.29) is 4.70 Å². The summed E-state index contributed by atoms with van der Waals surface area (Å²) >= 11 is 0. The van der Waals surface area contributed by atoms with Gasteiger partial charge in [-0.25, -0.2) is 0 Å². The molecule has 58 heavy (non-hydrogen) atoms. The van der Waals surface area contributed by atoms with Gasteiger partial charge in [-0.15, -0.1) is 0 Å². The van der Waals surface area contributed by atoms with Crippen LogP contribution in [0.2, 0.25) is 0 Å². The number of aromatic nitrogens is 3. The number of rotatable bonds is 5. The Balaban J connectivity index is 0.00000385. The van der Waals surface area contributed by atoms with Crippen molar-refractivity contribution in [1.29, 1.82) is 0 Å². The first-order chi connectivity index (χ1) is 28.3. The van der Waals surface area contributed by atoms with Crippen LogP contribution in [-0.4, -0.2) is 13.7 Å². The molecule has 0 atom stereocenters. The zero-order valence-corrected chi connectivity index (χ0v) is 31.5. The number of hydrogen-bond acceptors (Lipinski definition) is 0. The molecule has 12 rings (SSSR count). The summed E-state index contributed by atoms with van der Waals surface area (Å²) < 4.78 is 7.40. The van der Waals surface area contributed by atoms with Gasteiger partial charge in [0.15, 0.2) is 0 Å². The maximum Gasteiger partial charge on any atom is 0.0788 e. The van der Waals surface area contributed by atoms with Crippen molar-refractivity contribution in [2.45, 2.75) is 0 Å². The van der Waals surface area contributed by atoms with Crippen LogP contribution in [0.3, 0.4) is 0 Å². The number of hydrogen-bond donors (Lipinski definition) is 0. The lowest BCUT2D eigenvalue weighted by Crippen LogP contribution is -1.99. The third-order valence-corrected chi connectivity index (χ3v) is 11.8. The van der Waals surface area contributed by atoms with Gasteiger partial charge in [0, 0.05) is 49.4 Å². The number of fused-ring (bicyclic) bond motifs is 10. The second-order valence-corrected chi connectivity index (χ2v) is 15.0. The molecule has 12 aromatic rings. The SMILES string of the molecule is F.c1ccc(-c2cc(-c3ccccc3)cc(-n3c4ccccc4c4cc(-n5c6ccccc6c6ccc7c8ccccc8n(-c8ccccc8)c7c65)ccc43)c2)cc1. The van der Waals surface area contributed by atoms with Crippen LogP contribution >= 0.6 is 0 Å². The van der Waals surface area contributed by atoms with Gasteiger partial charge in [-0.2, -0.15) is 0 Å². The van der Waals surface area contributed by atoms with Gasteiger partial charge in [0.1, 0.15) is 0 Å². The van der Waals surface area contributed by atoms with E-state index >= 15 is 0 Å². The van der Waals surface area contributed by atoms with Crippen LogP contribution < -0.4 is 0 Å². The van der Waals surface area contributed by atoms with Crippen molar-refractivity contribution < 1.29 is 4.70 Å². The largest absolute Gasteiger partial charge is 0.309 e.